The van der Waals surface area contributed by atoms with E-state index in [9.17, 15) is 8.42 Å². The molecule has 0 aliphatic heterocycles. The van der Waals surface area contributed by atoms with Gasteiger partial charge in [0.25, 0.3) is 10.0 Å². The summed E-state index contributed by atoms with van der Waals surface area (Å²) in [5.74, 6) is 1.66. The summed E-state index contributed by atoms with van der Waals surface area (Å²) in [4.78, 5) is 0. The molecule has 0 saturated heterocycles. The first-order chi connectivity index (χ1) is 14.0. The standard InChI is InChI=1S/C22H31N3O3S/c1-28-21-9-7-8-19-12-11-18(16-20(19)21)17-23-13-4-6-15-25-14-5-3-10-22(25)24-29(2,26)27/h3,5,7-10,14,18,23H,4,6,11-13,15-17H2,1-2H3/b24-22+. The molecule has 1 heterocycles. The number of pyridine rings is 1. The van der Waals surface area contributed by atoms with E-state index in [4.69, 9.17) is 4.74 Å². The first kappa shape index (κ1) is 21.6. The molecule has 0 fully saturated rings. The van der Waals surface area contributed by atoms with Crippen molar-refractivity contribution in [3.05, 3.63) is 59.2 Å². The molecule has 6 nitrogen and oxygen atoms in total. The number of aryl methyl sites for hydroxylation is 2. The van der Waals surface area contributed by atoms with Gasteiger partial charge >= 0.3 is 0 Å². The third-order valence-electron chi connectivity index (χ3n) is 5.38. The molecule has 158 valence electrons. The summed E-state index contributed by atoms with van der Waals surface area (Å²) in [6.07, 6.45) is 8.40. The summed E-state index contributed by atoms with van der Waals surface area (Å²) < 4.78 is 34.1. The number of aromatic nitrogens is 1. The number of methoxy groups -OCH3 is 1. The van der Waals surface area contributed by atoms with Crippen molar-refractivity contribution in [1.29, 1.82) is 0 Å². The Morgan fingerprint density at radius 1 is 1.21 bits per heavy atom. The fourth-order valence-corrected chi connectivity index (χ4v) is 4.45. The van der Waals surface area contributed by atoms with E-state index in [0.717, 1.165) is 57.3 Å². The lowest BCUT2D eigenvalue weighted by atomic mass is 9.83. The molecular weight excluding hydrogens is 386 g/mol. The normalized spacial score (nSPS) is 17.2. The number of sulfonamides is 1. The van der Waals surface area contributed by atoms with E-state index in [0.29, 0.717) is 11.4 Å². The zero-order chi connectivity index (χ0) is 20.7. The molecule has 0 saturated carbocycles. The number of unbranched alkanes of at least 4 members (excludes halogenated alkanes) is 1. The molecule has 1 unspecified atom stereocenters. The van der Waals surface area contributed by atoms with E-state index in [1.54, 1.807) is 19.2 Å². The lowest BCUT2D eigenvalue weighted by molar-refractivity contribution is 0.382. The largest absolute Gasteiger partial charge is 0.496 e. The molecule has 1 aromatic heterocycles. The highest BCUT2D eigenvalue weighted by atomic mass is 32.2. The van der Waals surface area contributed by atoms with Crippen molar-refractivity contribution in [3.63, 3.8) is 0 Å². The maximum atomic E-state index is 11.4. The van der Waals surface area contributed by atoms with Crippen molar-refractivity contribution in [2.45, 2.75) is 38.6 Å². The molecule has 2 aromatic rings. The Kier molecular flexibility index (Phi) is 7.50. The van der Waals surface area contributed by atoms with Crippen molar-refractivity contribution >= 4 is 10.0 Å². The Bertz CT molecular complexity index is 969. The van der Waals surface area contributed by atoms with Crippen LogP contribution in [0.3, 0.4) is 0 Å². The van der Waals surface area contributed by atoms with Crippen LogP contribution in [0, 0.1) is 5.92 Å². The molecule has 1 aromatic carbocycles. The maximum absolute atomic E-state index is 11.4. The zero-order valence-electron chi connectivity index (χ0n) is 17.3. The van der Waals surface area contributed by atoms with E-state index in [1.165, 1.54) is 17.5 Å². The number of ether oxygens (including phenoxy) is 1. The molecule has 0 bridgehead atoms. The van der Waals surface area contributed by atoms with Crippen LogP contribution in [0.2, 0.25) is 0 Å². The molecule has 7 heteroatoms. The van der Waals surface area contributed by atoms with Crippen LogP contribution in [-0.4, -0.2) is 39.4 Å². The summed E-state index contributed by atoms with van der Waals surface area (Å²) in [6.45, 7) is 2.73. The molecule has 1 N–H and O–H groups in total. The Labute approximate surface area is 173 Å². The number of nitrogens with one attached hydrogen (secondary N) is 1. The molecule has 1 aliphatic rings. The fraction of sp³-hybridized carbons (Fsp3) is 0.500. The third kappa shape index (κ3) is 6.44. The summed E-state index contributed by atoms with van der Waals surface area (Å²) in [7, 11) is -1.65. The van der Waals surface area contributed by atoms with Gasteiger partial charge in [-0.3, -0.25) is 0 Å². The van der Waals surface area contributed by atoms with Crippen molar-refractivity contribution in [2.75, 3.05) is 26.5 Å². The SMILES string of the molecule is COc1cccc2c1CC(CNCCCCn1cccc/c1=N\S(C)(=O)=O)CC2. The highest BCUT2D eigenvalue weighted by Gasteiger charge is 2.21. The minimum Gasteiger partial charge on any atom is -0.496 e. The Hall–Kier alpha value is -2.12. The molecule has 29 heavy (non-hydrogen) atoms. The van der Waals surface area contributed by atoms with Crippen molar-refractivity contribution in [2.24, 2.45) is 10.3 Å². The zero-order valence-corrected chi connectivity index (χ0v) is 18.1. The summed E-state index contributed by atoms with van der Waals surface area (Å²) in [5, 5.41) is 3.59. The van der Waals surface area contributed by atoms with Gasteiger partial charge in [-0.25, -0.2) is 8.42 Å². The predicted octanol–water partition coefficient (Wildman–Crippen LogP) is 2.53. The van der Waals surface area contributed by atoms with Gasteiger partial charge in [-0.2, -0.15) is 0 Å². The summed E-state index contributed by atoms with van der Waals surface area (Å²) in [6, 6.07) is 11.8. The maximum Gasteiger partial charge on any atom is 0.252 e. The van der Waals surface area contributed by atoms with Crippen LogP contribution >= 0.6 is 0 Å². The van der Waals surface area contributed by atoms with Crippen LogP contribution in [0.1, 0.15) is 30.4 Å². The van der Waals surface area contributed by atoms with Gasteiger partial charge < -0.3 is 14.6 Å². The molecule has 1 atom stereocenters. The Balaban J connectivity index is 1.42. The van der Waals surface area contributed by atoms with Gasteiger partial charge in [0.2, 0.25) is 0 Å². The third-order valence-corrected chi connectivity index (χ3v) is 5.90. The number of hydrogen-bond acceptors (Lipinski definition) is 4. The van der Waals surface area contributed by atoms with E-state index < -0.39 is 10.0 Å². The first-order valence-corrected chi connectivity index (χ1v) is 12.1. The fourth-order valence-electron chi connectivity index (χ4n) is 3.94. The smallest absolute Gasteiger partial charge is 0.252 e. The van der Waals surface area contributed by atoms with E-state index in [-0.39, 0.29) is 0 Å². The quantitative estimate of drug-likeness (QED) is 0.637. The van der Waals surface area contributed by atoms with E-state index in [1.807, 2.05) is 16.8 Å². The van der Waals surface area contributed by atoms with Crippen molar-refractivity contribution < 1.29 is 13.2 Å². The van der Waals surface area contributed by atoms with Crippen molar-refractivity contribution in [1.82, 2.24) is 9.88 Å². The highest BCUT2D eigenvalue weighted by Crippen LogP contribution is 2.31. The summed E-state index contributed by atoms with van der Waals surface area (Å²) >= 11 is 0. The van der Waals surface area contributed by atoms with Gasteiger partial charge in [0.15, 0.2) is 0 Å². The number of benzene rings is 1. The number of fused-ring (bicyclic) bond motifs is 1. The first-order valence-electron chi connectivity index (χ1n) is 10.2. The van der Waals surface area contributed by atoms with Gasteiger partial charge in [-0.1, -0.05) is 18.2 Å². The van der Waals surface area contributed by atoms with Crippen LogP contribution in [0.5, 0.6) is 5.75 Å². The lowest BCUT2D eigenvalue weighted by Crippen LogP contribution is -2.28. The van der Waals surface area contributed by atoms with Gasteiger partial charge in [-0.15, -0.1) is 4.40 Å². The van der Waals surface area contributed by atoms with Gasteiger partial charge in [0.05, 0.1) is 13.4 Å². The lowest BCUT2D eigenvalue weighted by Gasteiger charge is -2.26. The second kappa shape index (κ2) is 10.1. The number of hydrogen-bond donors (Lipinski definition) is 1. The monoisotopic (exact) mass is 417 g/mol. The molecule has 3 rings (SSSR count). The minimum atomic E-state index is -3.39. The average molecular weight is 418 g/mol. The second-order valence-corrected chi connectivity index (χ2v) is 9.34. The molecular formula is C22H31N3O3S. The molecule has 0 radical (unpaired) electrons. The highest BCUT2D eigenvalue weighted by molar-refractivity contribution is 7.89. The predicted molar refractivity (Wildman–Crippen MR) is 115 cm³/mol. The Morgan fingerprint density at radius 3 is 2.86 bits per heavy atom. The van der Waals surface area contributed by atoms with Crippen LogP contribution in [0.4, 0.5) is 0 Å². The van der Waals surface area contributed by atoms with E-state index >= 15 is 0 Å². The topological polar surface area (TPSA) is 72.7 Å². The summed E-state index contributed by atoms with van der Waals surface area (Å²) in [5.41, 5.74) is 3.28. The van der Waals surface area contributed by atoms with Crippen LogP contribution in [0.25, 0.3) is 0 Å². The van der Waals surface area contributed by atoms with Gasteiger partial charge in [-0.05, 0) is 80.4 Å². The van der Waals surface area contributed by atoms with Crippen LogP contribution < -0.4 is 15.5 Å². The molecule has 1 aliphatic carbocycles. The molecule has 0 spiro atoms. The van der Waals surface area contributed by atoms with Crippen molar-refractivity contribution in [3.8, 4) is 5.75 Å². The average Bonchev–Trinajstić information content (AvgIpc) is 2.70. The van der Waals surface area contributed by atoms with Gasteiger partial charge in [0.1, 0.15) is 11.2 Å². The number of rotatable bonds is 9. The van der Waals surface area contributed by atoms with Crippen LogP contribution in [0.15, 0.2) is 47.0 Å². The second-order valence-electron chi connectivity index (χ2n) is 7.69. The van der Waals surface area contributed by atoms with Gasteiger partial charge in [0, 0.05) is 12.7 Å². The van der Waals surface area contributed by atoms with Crippen LogP contribution in [-0.2, 0) is 29.4 Å². The van der Waals surface area contributed by atoms with E-state index in [2.05, 4.69) is 27.9 Å². The Morgan fingerprint density at radius 2 is 2.07 bits per heavy atom. The molecule has 0 amide bonds. The minimum absolute atomic E-state index is 0.484. The number of nitrogens with zero attached hydrogens (tertiary/aromatic N) is 2.